The molecule has 0 radical (unpaired) electrons. The third-order valence-corrected chi connectivity index (χ3v) is 4.29. The van der Waals surface area contributed by atoms with Crippen LogP contribution in [0.5, 0.6) is 0 Å². The van der Waals surface area contributed by atoms with Crippen LogP contribution in [0, 0.1) is 0 Å². The van der Waals surface area contributed by atoms with Gasteiger partial charge in [-0.15, -0.1) is 5.10 Å². The number of hydrogen-bond donors (Lipinski definition) is 0. The van der Waals surface area contributed by atoms with Crippen molar-refractivity contribution in [2.75, 3.05) is 6.61 Å². The minimum absolute atomic E-state index is 0.328. The van der Waals surface area contributed by atoms with Crippen molar-refractivity contribution in [3.8, 4) is 0 Å². The lowest BCUT2D eigenvalue weighted by atomic mass is 10.1. The second kappa shape index (κ2) is 6.50. The third-order valence-electron chi connectivity index (χ3n) is 3.17. The molecule has 1 saturated heterocycles. The van der Waals surface area contributed by atoms with Crippen LogP contribution in [0.4, 0.5) is 0 Å². The molecule has 2 rings (SSSR count). The number of hydrogen-bond acceptors (Lipinski definition) is 3. The summed E-state index contributed by atoms with van der Waals surface area (Å²) in [5.74, 6) is 0. The maximum atomic E-state index is 5.60. The molecule has 0 aromatic carbocycles. The Bertz CT molecular complexity index is 336. The van der Waals surface area contributed by atoms with Crippen molar-refractivity contribution in [1.29, 1.82) is 0 Å². The quantitative estimate of drug-likeness (QED) is 0.758. The molecule has 0 N–H and O–H groups in total. The van der Waals surface area contributed by atoms with Gasteiger partial charge in [0.2, 0.25) is 0 Å². The summed E-state index contributed by atoms with van der Waals surface area (Å²) in [5, 5.41) is 8.32. The fraction of sp³-hybridized carbons (Fsp3) is 0.833. The van der Waals surface area contributed by atoms with Gasteiger partial charge in [-0.2, -0.15) is 0 Å². The van der Waals surface area contributed by atoms with E-state index >= 15 is 0 Å². The van der Waals surface area contributed by atoms with E-state index in [1.165, 1.54) is 12.8 Å². The molecule has 0 aliphatic carbocycles. The Morgan fingerprint density at radius 1 is 1.65 bits per heavy atom. The smallest absolute Gasteiger partial charge is 0.0963 e. The van der Waals surface area contributed by atoms with Gasteiger partial charge < -0.3 is 4.74 Å². The van der Waals surface area contributed by atoms with E-state index in [2.05, 4.69) is 33.2 Å². The zero-order chi connectivity index (χ0) is 12.1. The second-order valence-electron chi connectivity index (χ2n) is 4.56. The highest BCUT2D eigenvalue weighted by atomic mass is 79.9. The molecule has 1 aromatic rings. The summed E-state index contributed by atoms with van der Waals surface area (Å²) in [6.45, 7) is 4.02. The SMILES string of the molecule is CCC(Br)c1cn(CCCC2CCCO2)nn1. The molecular weight excluding hydrogens is 282 g/mol. The maximum absolute atomic E-state index is 5.60. The number of aromatic nitrogens is 3. The van der Waals surface area contributed by atoms with Gasteiger partial charge in [-0.1, -0.05) is 28.1 Å². The van der Waals surface area contributed by atoms with E-state index in [4.69, 9.17) is 4.74 Å². The summed E-state index contributed by atoms with van der Waals surface area (Å²) in [6, 6.07) is 0. The van der Waals surface area contributed by atoms with Crippen LogP contribution in [0.25, 0.3) is 0 Å². The molecule has 4 nitrogen and oxygen atoms in total. The summed E-state index contributed by atoms with van der Waals surface area (Å²) in [5.41, 5.74) is 1.03. The highest BCUT2D eigenvalue weighted by Crippen LogP contribution is 2.23. The van der Waals surface area contributed by atoms with Gasteiger partial charge in [0.15, 0.2) is 0 Å². The lowest BCUT2D eigenvalue weighted by Gasteiger charge is -2.08. The molecule has 0 saturated carbocycles. The number of nitrogens with zero attached hydrogens (tertiary/aromatic N) is 3. The number of rotatable bonds is 6. The Morgan fingerprint density at radius 3 is 3.24 bits per heavy atom. The second-order valence-corrected chi connectivity index (χ2v) is 5.66. The average Bonchev–Trinajstić information content (AvgIpc) is 2.99. The monoisotopic (exact) mass is 301 g/mol. The van der Waals surface area contributed by atoms with Gasteiger partial charge in [0, 0.05) is 19.3 Å². The Kier molecular flexibility index (Phi) is 4.98. The zero-order valence-corrected chi connectivity index (χ0v) is 11.9. The van der Waals surface area contributed by atoms with Crippen LogP contribution in [0.1, 0.15) is 49.5 Å². The number of alkyl halides is 1. The van der Waals surface area contributed by atoms with Gasteiger partial charge in [0.1, 0.15) is 0 Å². The van der Waals surface area contributed by atoms with Gasteiger partial charge in [0.05, 0.1) is 16.6 Å². The first-order valence-electron chi connectivity index (χ1n) is 6.45. The van der Waals surface area contributed by atoms with E-state index in [-0.39, 0.29) is 0 Å². The van der Waals surface area contributed by atoms with Crippen molar-refractivity contribution >= 4 is 15.9 Å². The molecule has 1 aliphatic heterocycles. The van der Waals surface area contributed by atoms with E-state index in [1.54, 1.807) is 0 Å². The first kappa shape index (κ1) is 13.0. The maximum Gasteiger partial charge on any atom is 0.0963 e. The number of halogens is 1. The van der Waals surface area contributed by atoms with E-state index in [0.717, 1.165) is 38.1 Å². The van der Waals surface area contributed by atoms with Crippen LogP contribution in [-0.2, 0) is 11.3 Å². The lowest BCUT2D eigenvalue weighted by molar-refractivity contribution is 0.101. The summed E-state index contributed by atoms with van der Waals surface area (Å²) >= 11 is 3.58. The minimum Gasteiger partial charge on any atom is -0.378 e. The molecule has 96 valence electrons. The molecule has 2 heterocycles. The fourth-order valence-electron chi connectivity index (χ4n) is 2.13. The molecule has 1 fully saturated rings. The molecular formula is C12H20BrN3O. The van der Waals surface area contributed by atoms with Crippen LogP contribution in [-0.4, -0.2) is 27.7 Å². The van der Waals surface area contributed by atoms with E-state index in [9.17, 15) is 0 Å². The average molecular weight is 302 g/mol. The largest absolute Gasteiger partial charge is 0.378 e. The number of aryl methyl sites for hydroxylation is 1. The van der Waals surface area contributed by atoms with Crippen LogP contribution < -0.4 is 0 Å². The normalized spacial score (nSPS) is 21.9. The van der Waals surface area contributed by atoms with Crippen LogP contribution in [0.15, 0.2) is 6.20 Å². The Balaban J connectivity index is 1.73. The molecule has 17 heavy (non-hydrogen) atoms. The zero-order valence-electron chi connectivity index (χ0n) is 10.3. The van der Waals surface area contributed by atoms with Crippen LogP contribution >= 0.6 is 15.9 Å². The molecule has 1 aliphatic rings. The van der Waals surface area contributed by atoms with Crippen molar-refractivity contribution < 1.29 is 4.74 Å². The third kappa shape index (κ3) is 3.78. The topological polar surface area (TPSA) is 39.9 Å². The predicted octanol–water partition coefficient (Wildman–Crippen LogP) is 3.08. The van der Waals surface area contributed by atoms with Crippen LogP contribution in [0.2, 0.25) is 0 Å². The van der Waals surface area contributed by atoms with Crippen molar-refractivity contribution in [3.05, 3.63) is 11.9 Å². The summed E-state index contributed by atoms with van der Waals surface area (Å²) in [7, 11) is 0. The minimum atomic E-state index is 0.328. The first-order chi connectivity index (χ1) is 8.29. The van der Waals surface area contributed by atoms with Gasteiger partial charge in [-0.25, -0.2) is 0 Å². The van der Waals surface area contributed by atoms with Crippen molar-refractivity contribution in [1.82, 2.24) is 15.0 Å². The Hall–Kier alpha value is -0.420. The highest BCUT2D eigenvalue weighted by Gasteiger charge is 2.15. The van der Waals surface area contributed by atoms with Crippen LogP contribution in [0.3, 0.4) is 0 Å². The van der Waals surface area contributed by atoms with Gasteiger partial charge in [-0.05, 0) is 32.1 Å². The highest BCUT2D eigenvalue weighted by molar-refractivity contribution is 9.09. The molecule has 2 unspecified atom stereocenters. The molecule has 5 heteroatoms. The summed E-state index contributed by atoms with van der Waals surface area (Å²) in [6.07, 6.45) is 8.26. The molecule has 0 bridgehead atoms. The molecule has 2 atom stereocenters. The van der Waals surface area contributed by atoms with Gasteiger partial charge in [-0.3, -0.25) is 4.68 Å². The van der Waals surface area contributed by atoms with Crippen molar-refractivity contribution in [2.24, 2.45) is 0 Å². The number of ether oxygens (including phenoxy) is 1. The van der Waals surface area contributed by atoms with E-state index in [1.807, 2.05) is 10.9 Å². The van der Waals surface area contributed by atoms with Gasteiger partial charge in [0.25, 0.3) is 0 Å². The molecule has 1 aromatic heterocycles. The first-order valence-corrected chi connectivity index (χ1v) is 7.37. The van der Waals surface area contributed by atoms with Crippen molar-refractivity contribution in [2.45, 2.75) is 56.5 Å². The van der Waals surface area contributed by atoms with E-state index < -0.39 is 0 Å². The Morgan fingerprint density at radius 2 is 2.53 bits per heavy atom. The Labute approximate surface area is 111 Å². The molecule has 0 spiro atoms. The van der Waals surface area contributed by atoms with E-state index in [0.29, 0.717) is 10.9 Å². The summed E-state index contributed by atoms with van der Waals surface area (Å²) in [4.78, 5) is 0.328. The van der Waals surface area contributed by atoms with Crippen molar-refractivity contribution in [3.63, 3.8) is 0 Å². The standard InChI is InChI=1S/C12H20BrN3O/c1-2-11(13)12-9-16(15-14-12)7-3-5-10-6-4-8-17-10/h9-11H,2-8H2,1H3. The predicted molar refractivity (Wildman–Crippen MR) is 70.2 cm³/mol. The summed E-state index contributed by atoms with van der Waals surface area (Å²) < 4.78 is 7.54. The molecule has 0 amide bonds. The van der Waals surface area contributed by atoms with Gasteiger partial charge >= 0.3 is 0 Å². The lowest BCUT2D eigenvalue weighted by Crippen LogP contribution is -2.07. The fourth-order valence-corrected chi connectivity index (χ4v) is 2.34.